The summed E-state index contributed by atoms with van der Waals surface area (Å²) in [5.74, 6) is 2.03. The van der Waals surface area contributed by atoms with Gasteiger partial charge in [0.15, 0.2) is 34.5 Å². The molecule has 210 valence electrons. The Hall–Kier alpha value is -2.21. The van der Waals surface area contributed by atoms with E-state index in [9.17, 15) is 9.59 Å². The zero-order valence-electron chi connectivity index (χ0n) is 21.5. The molecule has 3 aromatic rings. The first-order valence-electron chi connectivity index (χ1n) is 10.3. The molecular weight excluding hydrogens is 837 g/mol. The number of methoxy groups -OCH3 is 4. The Labute approximate surface area is 263 Å². The van der Waals surface area contributed by atoms with Crippen LogP contribution in [0.15, 0.2) is 54.6 Å². The highest BCUT2D eigenvalue weighted by molar-refractivity contribution is 14.2. The van der Waals surface area contributed by atoms with Crippen molar-refractivity contribution in [3.8, 4) is 40.2 Å². The van der Waals surface area contributed by atoms with E-state index in [1.807, 2.05) is 4.93 Å². The number of ether oxygens (including phenoxy) is 4. The fourth-order valence-electron chi connectivity index (χ4n) is 2.36. The predicted molar refractivity (Wildman–Crippen MR) is 174 cm³/mol. The van der Waals surface area contributed by atoms with Crippen LogP contribution in [0.25, 0.3) is 0 Å². The fourth-order valence-corrected chi connectivity index (χ4v) is 2.36. The summed E-state index contributed by atoms with van der Waals surface area (Å²) < 4.78 is 21.1. The molecule has 12 heteroatoms. The van der Waals surface area contributed by atoms with Gasteiger partial charge in [-0.25, -0.2) is 0 Å². The van der Waals surface area contributed by atoms with Crippen LogP contribution in [-0.2, 0) is 0 Å². The highest BCUT2D eigenvalue weighted by atomic mass is 127. The van der Waals surface area contributed by atoms with Crippen LogP contribution in [0, 0.1) is 0 Å². The standard InChI is InChI=1S/C9H10O3.C8H10O3.C7H6O3.CH2I2.CH3I/c1-11-8-4-3-7(6-10)5-9(8)12-2;1-10-7-4-3-6(9)5-8(7)11-2;8-4-5-1-2-6(9)7(10)3-5;2-1-3;1-2/h3-6H,1-2H3;3-5,9H,1-2H3;1-4,9-10H;1H2;1H3. The van der Waals surface area contributed by atoms with Crippen molar-refractivity contribution in [2.45, 2.75) is 0 Å². The summed E-state index contributed by atoms with van der Waals surface area (Å²) in [4.78, 5) is 22.4. The molecule has 0 radical (unpaired) electrons. The van der Waals surface area contributed by atoms with E-state index in [0.717, 1.165) is 6.29 Å². The number of benzene rings is 3. The molecule has 0 spiro atoms. The van der Waals surface area contributed by atoms with Gasteiger partial charge in [-0.2, -0.15) is 0 Å². The number of hydrogen-bond donors (Lipinski definition) is 3. The van der Waals surface area contributed by atoms with Crippen molar-refractivity contribution in [1.82, 2.24) is 0 Å². The molecule has 0 aliphatic carbocycles. The van der Waals surface area contributed by atoms with E-state index in [1.165, 1.54) is 40.9 Å². The van der Waals surface area contributed by atoms with Crippen molar-refractivity contribution >= 4 is 80.3 Å². The third-order valence-corrected chi connectivity index (χ3v) is 4.05. The average molecular weight is 868 g/mol. The van der Waals surface area contributed by atoms with Gasteiger partial charge in [-0.15, -0.1) is 0 Å². The monoisotopic (exact) mass is 868 g/mol. The molecule has 0 bridgehead atoms. The summed E-state index contributed by atoms with van der Waals surface area (Å²) in [7, 11) is 6.16. The maximum atomic E-state index is 10.4. The molecule has 0 unspecified atom stereocenters. The van der Waals surface area contributed by atoms with E-state index in [-0.39, 0.29) is 17.2 Å². The summed E-state index contributed by atoms with van der Waals surface area (Å²) in [5.41, 5.74) is 0.919. The minimum atomic E-state index is -0.274. The van der Waals surface area contributed by atoms with Crippen LogP contribution < -0.4 is 18.9 Å². The van der Waals surface area contributed by atoms with Gasteiger partial charge in [-0.1, -0.05) is 67.8 Å². The molecule has 0 aromatic heterocycles. The summed E-state index contributed by atoms with van der Waals surface area (Å²) in [5, 5.41) is 26.6. The van der Waals surface area contributed by atoms with E-state index in [0.29, 0.717) is 40.4 Å². The van der Waals surface area contributed by atoms with Gasteiger partial charge in [0, 0.05) is 17.2 Å². The van der Waals surface area contributed by atoms with Crippen molar-refractivity contribution < 1.29 is 43.9 Å². The minimum Gasteiger partial charge on any atom is -0.508 e. The Morgan fingerprint density at radius 2 is 1.00 bits per heavy atom. The number of halogens is 3. The normalized spacial score (nSPS) is 8.63. The molecule has 0 aliphatic rings. The van der Waals surface area contributed by atoms with E-state index in [1.54, 1.807) is 44.6 Å². The van der Waals surface area contributed by atoms with Gasteiger partial charge >= 0.3 is 0 Å². The number of rotatable bonds is 6. The van der Waals surface area contributed by atoms with Crippen LogP contribution in [0.4, 0.5) is 0 Å². The van der Waals surface area contributed by atoms with E-state index >= 15 is 0 Å². The number of carbonyl (C=O) groups excluding carboxylic acids is 2. The summed E-state index contributed by atoms with van der Waals surface area (Å²) >= 11 is 6.70. The van der Waals surface area contributed by atoms with Gasteiger partial charge < -0.3 is 34.3 Å². The van der Waals surface area contributed by atoms with Crippen LogP contribution in [0.1, 0.15) is 20.7 Å². The smallest absolute Gasteiger partial charge is 0.164 e. The van der Waals surface area contributed by atoms with Gasteiger partial charge in [0.25, 0.3) is 0 Å². The lowest BCUT2D eigenvalue weighted by Crippen LogP contribution is -1.91. The first-order valence-corrected chi connectivity index (χ1v) is 15.5. The van der Waals surface area contributed by atoms with Crippen molar-refractivity contribution in [3.63, 3.8) is 0 Å². The molecule has 0 atom stereocenters. The Balaban J connectivity index is 0. The van der Waals surface area contributed by atoms with E-state index < -0.39 is 0 Å². The molecule has 3 rings (SSSR count). The molecule has 0 saturated heterocycles. The Morgan fingerprint density at radius 3 is 1.42 bits per heavy atom. The largest absolute Gasteiger partial charge is 0.508 e. The molecule has 0 saturated carbocycles. The minimum absolute atomic E-state index is 0.169. The molecule has 0 fully saturated rings. The predicted octanol–water partition coefficient (Wildman–Crippen LogP) is 6.70. The fraction of sp³-hybridized carbons (Fsp3) is 0.231. The maximum absolute atomic E-state index is 10.4. The molecule has 0 aliphatic heterocycles. The Morgan fingerprint density at radius 1 is 0.605 bits per heavy atom. The number of alkyl halides is 3. The zero-order chi connectivity index (χ0) is 29.5. The Bertz CT molecular complexity index is 1080. The molecule has 0 heterocycles. The van der Waals surface area contributed by atoms with Crippen LogP contribution in [0.3, 0.4) is 0 Å². The molecule has 3 aromatic carbocycles. The number of aldehydes is 2. The molecule has 3 N–H and O–H groups in total. The lowest BCUT2D eigenvalue weighted by atomic mass is 10.2. The van der Waals surface area contributed by atoms with Gasteiger partial charge in [-0.3, -0.25) is 9.59 Å². The summed E-state index contributed by atoms with van der Waals surface area (Å²) in [6, 6.07) is 13.6. The average Bonchev–Trinajstić information content (AvgIpc) is 2.96. The summed E-state index contributed by atoms with van der Waals surface area (Å²) in [6.07, 6.45) is 1.36. The van der Waals surface area contributed by atoms with Gasteiger partial charge in [0.05, 0.1) is 30.9 Å². The van der Waals surface area contributed by atoms with Crippen LogP contribution >= 0.6 is 67.8 Å². The molecule has 0 amide bonds. The number of phenolic OH excluding ortho intramolecular Hbond substituents is 3. The second-order valence-electron chi connectivity index (χ2n) is 6.24. The second kappa shape index (κ2) is 23.9. The number of aromatic hydroxyl groups is 3. The van der Waals surface area contributed by atoms with Gasteiger partial charge in [0.2, 0.25) is 0 Å². The molecule has 9 nitrogen and oxygen atoms in total. The maximum Gasteiger partial charge on any atom is 0.164 e. The SMILES string of the molecule is CI.COc1ccc(C=O)cc1OC.COc1ccc(O)cc1OC.ICI.O=Cc1ccc(O)c(O)c1. The first kappa shape index (κ1) is 37.9. The molecular formula is C26H31I3O9. The lowest BCUT2D eigenvalue weighted by Gasteiger charge is -2.06. The van der Waals surface area contributed by atoms with Gasteiger partial charge in [0.1, 0.15) is 18.3 Å². The number of hydrogen-bond acceptors (Lipinski definition) is 9. The van der Waals surface area contributed by atoms with Crippen molar-refractivity contribution in [2.24, 2.45) is 0 Å². The molecule has 38 heavy (non-hydrogen) atoms. The van der Waals surface area contributed by atoms with Crippen LogP contribution in [0.5, 0.6) is 40.2 Å². The lowest BCUT2D eigenvalue weighted by molar-refractivity contribution is 0.111. The van der Waals surface area contributed by atoms with Gasteiger partial charge in [-0.05, 0) is 53.5 Å². The van der Waals surface area contributed by atoms with Crippen LogP contribution in [0.2, 0.25) is 0 Å². The zero-order valence-corrected chi connectivity index (χ0v) is 28.0. The summed E-state index contributed by atoms with van der Waals surface area (Å²) in [6.45, 7) is 0. The third kappa shape index (κ3) is 15.3. The first-order chi connectivity index (χ1) is 18.2. The highest BCUT2D eigenvalue weighted by Crippen LogP contribution is 2.30. The highest BCUT2D eigenvalue weighted by Gasteiger charge is 2.03. The van der Waals surface area contributed by atoms with E-state index in [2.05, 4.69) is 67.8 Å². The second-order valence-corrected chi connectivity index (χ2v) is 10.7. The topological polar surface area (TPSA) is 132 Å². The van der Waals surface area contributed by atoms with Crippen molar-refractivity contribution in [3.05, 3.63) is 65.7 Å². The quantitative estimate of drug-likeness (QED) is 0.107. The van der Waals surface area contributed by atoms with Crippen molar-refractivity contribution in [2.75, 3.05) is 35.8 Å². The van der Waals surface area contributed by atoms with E-state index in [4.69, 9.17) is 34.3 Å². The third-order valence-electron chi connectivity index (χ3n) is 4.05. The van der Waals surface area contributed by atoms with Crippen LogP contribution in [-0.4, -0.2) is 63.7 Å². The number of carbonyl (C=O) groups is 2. The number of phenols is 3. The Kier molecular flexibility index (Phi) is 23.8. The van der Waals surface area contributed by atoms with Crippen molar-refractivity contribution in [1.29, 1.82) is 0 Å².